The number of benzene rings is 1. The fourth-order valence-corrected chi connectivity index (χ4v) is 1.81. The van der Waals surface area contributed by atoms with Gasteiger partial charge in [0.05, 0.1) is 16.5 Å². The van der Waals surface area contributed by atoms with E-state index >= 15 is 0 Å². The highest BCUT2D eigenvalue weighted by molar-refractivity contribution is 5.73. The molecule has 24 heavy (non-hydrogen) atoms. The zero-order valence-electron chi connectivity index (χ0n) is 13.7. The Kier molecular flexibility index (Phi) is 6.45. The molecular formula is C14H20N4O6. The summed E-state index contributed by atoms with van der Waals surface area (Å²) in [5.41, 5.74) is -1.33. The van der Waals surface area contributed by atoms with Crippen LogP contribution >= 0.6 is 0 Å². The Morgan fingerprint density at radius 1 is 1.17 bits per heavy atom. The van der Waals surface area contributed by atoms with Gasteiger partial charge in [0.25, 0.3) is 11.4 Å². The van der Waals surface area contributed by atoms with Crippen molar-refractivity contribution in [1.82, 2.24) is 5.32 Å². The number of alkyl carbamates (subject to hydrolysis) is 1. The van der Waals surface area contributed by atoms with E-state index in [2.05, 4.69) is 10.6 Å². The smallest absolute Gasteiger partial charge is 0.407 e. The van der Waals surface area contributed by atoms with E-state index in [1.54, 1.807) is 0 Å². The van der Waals surface area contributed by atoms with Gasteiger partial charge < -0.3 is 15.4 Å². The summed E-state index contributed by atoms with van der Waals surface area (Å²) in [4.78, 5) is 32.0. The summed E-state index contributed by atoms with van der Waals surface area (Å²) >= 11 is 0. The lowest BCUT2D eigenvalue weighted by molar-refractivity contribution is -0.392. The van der Waals surface area contributed by atoms with E-state index in [0.29, 0.717) is 6.42 Å². The molecule has 2 N–H and O–H groups in total. The summed E-state index contributed by atoms with van der Waals surface area (Å²) in [6, 6.07) is 3.62. The predicted molar refractivity (Wildman–Crippen MR) is 87.1 cm³/mol. The fraction of sp³-hybridized carbons (Fsp3) is 0.500. The predicted octanol–water partition coefficient (Wildman–Crippen LogP) is 2.83. The van der Waals surface area contributed by atoms with Crippen molar-refractivity contribution >= 4 is 23.2 Å². The van der Waals surface area contributed by atoms with Crippen LogP contribution in [0.4, 0.5) is 21.9 Å². The number of carbonyl (C=O) groups is 1. The van der Waals surface area contributed by atoms with Crippen molar-refractivity contribution in [3.63, 3.8) is 0 Å². The summed E-state index contributed by atoms with van der Waals surface area (Å²) in [5.74, 6) is 0. The standard InChI is InChI=1S/C14H20N4O6/c1-14(2,3)16-13(19)24-9-5-8-15-12-10(17(20)21)6-4-7-11(12)18(22)23/h4,6-7,15H,5,8-9H2,1-3H3,(H,16,19). The Morgan fingerprint density at radius 3 is 2.17 bits per heavy atom. The van der Waals surface area contributed by atoms with Crippen LogP contribution in [0.25, 0.3) is 0 Å². The number of nitro benzene ring substituents is 2. The van der Waals surface area contributed by atoms with Crippen LogP contribution in [0.15, 0.2) is 18.2 Å². The highest BCUT2D eigenvalue weighted by Crippen LogP contribution is 2.33. The summed E-state index contributed by atoms with van der Waals surface area (Å²) in [6.07, 6.45) is -0.236. The SMILES string of the molecule is CC(C)(C)NC(=O)OCCCNc1c([N+](=O)[O-])cccc1[N+](=O)[O-]. The van der Waals surface area contributed by atoms with Crippen molar-refractivity contribution in [2.45, 2.75) is 32.7 Å². The molecule has 1 aromatic rings. The second kappa shape index (κ2) is 8.09. The summed E-state index contributed by atoms with van der Waals surface area (Å²) < 4.78 is 4.95. The van der Waals surface area contributed by atoms with E-state index in [4.69, 9.17) is 4.74 Å². The first-order valence-corrected chi connectivity index (χ1v) is 7.22. The number of hydrogen-bond acceptors (Lipinski definition) is 7. The van der Waals surface area contributed by atoms with E-state index in [0.717, 1.165) is 0 Å². The molecule has 0 bridgehead atoms. The normalized spacial score (nSPS) is 10.8. The Labute approximate surface area is 138 Å². The first kappa shape index (κ1) is 19.1. The quantitative estimate of drug-likeness (QED) is 0.442. The Bertz CT molecular complexity index is 594. The average molecular weight is 340 g/mol. The molecule has 0 radical (unpaired) electrons. The molecule has 10 nitrogen and oxygen atoms in total. The molecule has 0 atom stereocenters. The number of rotatable bonds is 7. The second-order valence-electron chi connectivity index (χ2n) is 5.98. The van der Waals surface area contributed by atoms with E-state index in [-0.39, 0.29) is 30.2 Å². The minimum Gasteiger partial charge on any atom is -0.449 e. The molecule has 0 aromatic heterocycles. The van der Waals surface area contributed by atoms with Gasteiger partial charge in [-0.25, -0.2) is 4.79 Å². The van der Waals surface area contributed by atoms with E-state index in [1.165, 1.54) is 18.2 Å². The van der Waals surface area contributed by atoms with Gasteiger partial charge in [-0.15, -0.1) is 0 Å². The van der Waals surface area contributed by atoms with Crippen molar-refractivity contribution in [2.24, 2.45) is 0 Å². The number of anilines is 1. The molecule has 1 amide bonds. The molecule has 0 aliphatic rings. The molecule has 0 fully saturated rings. The Morgan fingerprint density at radius 2 is 1.71 bits per heavy atom. The maximum Gasteiger partial charge on any atom is 0.407 e. The van der Waals surface area contributed by atoms with Gasteiger partial charge in [-0.2, -0.15) is 0 Å². The maximum atomic E-state index is 11.4. The number of nitrogens with zero attached hydrogens (tertiary/aromatic N) is 2. The van der Waals surface area contributed by atoms with Gasteiger partial charge in [-0.05, 0) is 33.3 Å². The Balaban J connectivity index is 2.58. The van der Waals surface area contributed by atoms with Gasteiger partial charge in [0.1, 0.15) is 0 Å². The van der Waals surface area contributed by atoms with Gasteiger partial charge in [0, 0.05) is 24.2 Å². The minimum atomic E-state index is -0.692. The number of ether oxygens (including phenoxy) is 1. The van der Waals surface area contributed by atoms with Crippen molar-refractivity contribution in [1.29, 1.82) is 0 Å². The van der Waals surface area contributed by atoms with Gasteiger partial charge in [0.15, 0.2) is 5.69 Å². The minimum absolute atomic E-state index is 0.0728. The summed E-state index contributed by atoms with van der Waals surface area (Å²) in [5, 5.41) is 27.2. The summed E-state index contributed by atoms with van der Waals surface area (Å²) in [6.45, 7) is 5.67. The van der Waals surface area contributed by atoms with Crippen LogP contribution in [0.1, 0.15) is 27.2 Å². The highest BCUT2D eigenvalue weighted by atomic mass is 16.6. The maximum absolute atomic E-state index is 11.4. The van der Waals surface area contributed by atoms with Crippen molar-refractivity contribution < 1.29 is 19.4 Å². The number of amides is 1. The molecule has 1 aromatic carbocycles. The average Bonchev–Trinajstić information content (AvgIpc) is 2.44. The topological polar surface area (TPSA) is 137 Å². The summed E-state index contributed by atoms with van der Waals surface area (Å²) in [7, 11) is 0. The van der Waals surface area contributed by atoms with Crippen LogP contribution in [0.3, 0.4) is 0 Å². The lowest BCUT2D eigenvalue weighted by Gasteiger charge is -2.19. The lowest BCUT2D eigenvalue weighted by Crippen LogP contribution is -2.41. The first-order chi connectivity index (χ1) is 11.1. The second-order valence-corrected chi connectivity index (χ2v) is 5.98. The first-order valence-electron chi connectivity index (χ1n) is 7.22. The number of carbonyl (C=O) groups excluding carboxylic acids is 1. The largest absolute Gasteiger partial charge is 0.449 e. The molecular weight excluding hydrogens is 320 g/mol. The van der Waals surface area contributed by atoms with Crippen LogP contribution in [0.2, 0.25) is 0 Å². The monoisotopic (exact) mass is 340 g/mol. The molecule has 132 valence electrons. The van der Waals surface area contributed by atoms with Crippen molar-refractivity contribution in [2.75, 3.05) is 18.5 Å². The van der Waals surface area contributed by atoms with E-state index < -0.39 is 21.5 Å². The van der Waals surface area contributed by atoms with Gasteiger partial charge in [-0.3, -0.25) is 20.2 Å². The number of nitrogens with one attached hydrogen (secondary N) is 2. The molecule has 10 heteroatoms. The molecule has 0 saturated heterocycles. The molecule has 0 spiro atoms. The zero-order chi connectivity index (χ0) is 18.3. The Hall–Kier alpha value is -2.91. The van der Waals surface area contributed by atoms with Gasteiger partial charge >= 0.3 is 6.09 Å². The van der Waals surface area contributed by atoms with Crippen LogP contribution in [-0.4, -0.2) is 34.6 Å². The van der Waals surface area contributed by atoms with E-state index in [1.807, 2.05) is 20.8 Å². The van der Waals surface area contributed by atoms with Gasteiger partial charge in [0.2, 0.25) is 0 Å². The molecule has 1 rings (SSSR count). The van der Waals surface area contributed by atoms with Crippen LogP contribution < -0.4 is 10.6 Å². The molecule has 0 aliphatic carbocycles. The third kappa shape index (κ3) is 6.07. The molecule has 0 saturated carbocycles. The number of nitro groups is 2. The van der Waals surface area contributed by atoms with Crippen molar-refractivity contribution in [3.8, 4) is 0 Å². The van der Waals surface area contributed by atoms with Crippen molar-refractivity contribution in [3.05, 3.63) is 38.4 Å². The number of para-hydroxylation sites is 1. The lowest BCUT2D eigenvalue weighted by atomic mass is 10.1. The third-order valence-corrected chi connectivity index (χ3v) is 2.75. The van der Waals surface area contributed by atoms with Crippen LogP contribution in [0, 0.1) is 20.2 Å². The van der Waals surface area contributed by atoms with Crippen LogP contribution in [0.5, 0.6) is 0 Å². The van der Waals surface area contributed by atoms with E-state index in [9.17, 15) is 25.0 Å². The molecule has 0 aliphatic heterocycles. The number of hydrogen-bond donors (Lipinski definition) is 2. The molecule has 0 unspecified atom stereocenters. The third-order valence-electron chi connectivity index (χ3n) is 2.75. The van der Waals surface area contributed by atoms with Crippen LogP contribution in [-0.2, 0) is 4.74 Å². The van der Waals surface area contributed by atoms with Gasteiger partial charge in [-0.1, -0.05) is 0 Å². The fourth-order valence-electron chi connectivity index (χ4n) is 1.81. The zero-order valence-corrected chi connectivity index (χ0v) is 13.7. The molecule has 0 heterocycles. The highest BCUT2D eigenvalue weighted by Gasteiger charge is 2.24.